The summed E-state index contributed by atoms with van der Waals surface area (Å²) in [5.41, 5.74) is 0. The molecule has 0 heterocycles. The maximum absolute atomic E-state index is 12.0. The number of hydrogen-bond acceptors (Lipinski definition) is 4. The molecule has 1 saturated carbocycles. The van der Waals surface area contributed by atoms with Gasteiger partial charge in [0.1, 0.15) is 0 Å². The fourth-order valence-electron chi connectivity index (χ4n) is 2.28. The van der Waals surface area contributed by atoms with Gasteiger partial charge in [-0.05, 0) is 46.3 Å². The fourth-order valence-corrected chi connectivity index (χ4v) is 4.06. The summed E-state index contributed by atoms with van der Waals surface area (Å²) in [4.78, 5) is 4.18. The molecule has 0 aromatic heterocycles. The summed E-state index contributed by atoms with van der Waals surface area (Å²) in [5, 5.41) is 7.22. The average Bonchev–Trinajstić information content (AvgIpc) is 2.83. The monoisotopic (exact) mass is 463 g/mol. The molecule has 0 bridgehead atoms. The van der Waals surface area contributed by atoms with Crippen LogP contribution in [0.25, 0.3) is 0 Å². The lowest BCUT2D eigenvalue weighted by molar-refractivity contribution is 0.558. The highest BCUT2D eigenvalue weighted by atomic mass is 127. The zero-order chi connectivity index (χ0) is 16.1. The molecule has 1 aliphatic carbocycles. The minimum Gasteiger partial charge on any atom is -0.355 e. The molecule has 0 aliphatic heterocycles. The second kappa shape index (κ2) is 9.56. The Morgan fingerprint density at radius 3 is 2.41 bits per heavy atom. The number of halogens is 1. The Hall–Kier alpha value is 0.300. The smallest absolute Gasteiger partial charge is 0.191 e. The summed E-state index contributed by atoms with van der Waals surface area (Å²) in [6.45, 7) is 5.58. The molecular formula is C14H30IN3O2S2. The van der Waals surface area contributed by atoms with E-state index < -0.39 is 14.6 Å². The SMILES string of the molecule is CN=C(NCCS(=O)(=O)C(C)(C)C)NC1CCC(SC)C1.I. The van der Waals surface area contributed by atoms with Crippen LogP contribution in [0.15, 0.2) is 4.99 Å². The third-order valence-electron chi connectivity index (χ3n) is 3.88. The molecule has 132 valence electrons. The zero-order valence-electron chi connectivity index (χ0n) is 14.2. The molecule has 0 spiro atoms. The van der Waals surface area contributed by atoms with Gasteiger partial charge in [-0.25, -0.2) is 8.42 Å². The van der Waals surface area contributed by atoms with Crippen molar-refractivity contribution in [1.82, 2.24) is 10.6 Å². The Kier molecular flexibility index (Phi) is 9.69. The maximum atomic E-state index is 12.0. The van der Waals surface area contributed by atoms with Gasteiger partial charge in [0.15, 0.2) is 15.8 Å². The van der Waals surface area contributed by atoms with E-state index in [9.17, 15) is 8.42 Å². The van der Waals surface area contributed by atoms with Crippen LogP contribution in [0.1, 0.15) is 40.0 Å². The molecule has 0 aromatic carbocycles. The van der Waals surface area contributed by atoms with Crippen LogP contribution in [0.5, 0.6) is 0 Å². The molecule has 5 nitrogen and oxygen atoms in total. The molecular weight excluding hydrogens is 433 g/mol. The van der Waals surface area contributed by atoms with Crippen molar-refractivity contribution in [3.05, 3.63) is 0 Å². The normalized spacial score (nSPS) is 23.0. The van der Waals surface area contributed by atoms with Gasteiger partial charge in [-0.3, -0.25) is 4.99 Å². The van der Waals surface area contributed by atoms with Crippen LogP contribution in [0.2, 0.25) is 0 Å². The van der Waals surface area contributed by atoms with Crippen molar-refractivity contribution < 1.29 is 8.42 Å². The van der Waals surface area contributed by atoms with Crippen LogP contribution in [-0.2, 0) is 9.84 Å². The van der Waals surface area contributed by atoms with E-state index in [0.717, 1.165) is 18.1 Å². The van der Waals surface area contributed by atoms with Gasteiger partial charge in [0.05, 0.1) is 10.5 Å². The Balaban J connectivity index is 0.00000441. The molecule has 2 unspecified atom stereocenters. The molecule has 0 saturated heterocycles. The van der Waals surface area contributed by atoms with E-state index in [2.05, 4.69) is 21.9 Å². The van der Waals surface area contributed by atoms with Gasteiger partial charge < -0.3 is 10.6 Å². The second-order valence-electron chi connectivity index (χ2n) is 6.44. The van der Waals surface area contributed by atoms with E-state index in [1.165, 1.54) is 6.42 Å². The summed E-state index contributed by atoms with van der Waals surface area (Å²) < 4.78 is 23.4. The van der Waals surface area contributed by atoms with E-state index in [4.69, 9.17) is 0 Å². The standard InChI is InChI=1S/C14H29N3O2S2.HI/c1-14(2,3)21(18,19)9-8-16-13(15-4)17-11-6-7-12(10-11)20-5;/h11-12H,6-10H2,1-5H3,(H2,15,16,17);1H. The minimum atomic E-state index is -3.09. The van der Waals surface area contributed by atoms with Crippen LogP contribution in [0.4, 0.5) is 0 Å². The number of sulfone groups is 1. The van der Waals surface area contributed by atoms with Crippen LogP contribution in [0.3, 0.4) is 0 Å². The third kappa shape index (κ3) is 6.82. The first kappa shape index (κ1) is 22.3. The quantitative estimate of drug-likeness (QED) is 0.372. The van der Waals surface area contributed by atoms with Crippen molar-refractivity contribution >= 4 is 51.5 Å². The lowest BCUT2D eigenvalue weighted by atomic mass is 10.2. The molecule has 0 amide bonds. The zero-order valence-corrected chi connectivity index (χ0v) is 18.1. The predicted octanol–water partition coefficient (Wildman–Crippen LogP) is 2.27. The molecule has 1 rings (SSSR count). The molecule has 2 atom stereocenters. The first-order valence-corrected chi connectivity index (χ1v) is 10.4. The van der Waals surface area contributed by atoms with Crippen molar-refractivity contribution in [2.24, 2.45) is 4.99 Å². The number of nitrogens with one attached hydrogen (secondary N) is 2. The van der Waals surface area contributed by atoms with Crippen molar-refractivity contribution in [1.29, 1.82) is 0 Å². The summed E-state index contributed by atoms with van der Waals surface area (Å²) in [6, 6.07) is 0.438. The molecule has 1 fully saturated rings. The van der Waals surface area contributed by atoms with E-state index in [1.807, 2.05) is 11.8 Å². The first-order chi connectivity index (χ1) is 9.69. The van der Waals surface area contributed by atoms with Crippen molar-refractivity contribution in [2.45, 2.75) is 56.1 Å². The Morgan fingerprint density at radius 2 is 1.95 bits per heavy atom. The number of guanidine groups is 1. The highest BCUT2D eigenvalue weighted by molar-refractivity contribution is 14.0. The van der Waals surface area contributed by atoms with E-state index >= 15 is 0 Å². The Morgan fingerprint density at radius 1 is 1.32 bits per heavy atom. The van der Waals surface area contributed by atoms with Crippen LogP contribution < -0.4 is 10.6 Å². The Bertz CT molecular complexity index is 461. The molecule has 0 aromatic rings. The lowest BCUT2D eigenvalue weighted by Gasteiger charge is -2.21. The third-order valence-corrected chi connectivity index (χ3v) is 7.58. The number of nitrogens with zero attached hydrogens (tertiary/aromatic N) is 1. The van der Waals surface area contributed by atoms with Gasteiger partial charge in [0, 0.05) is 24.9 Å². The van der Waals surface area contributed by atoms with Gasteiger partial charge in [0.25, 0.3) is 0 Å². The minimum absolute atomic E-state index is 0. The van der Waals surface area contributed by atoms with E-state index in [-0.39, 0.29) is 29.7 Å². The number of hydrogen-bond donors (Lipinski definition) is 2. The maximum Gasteiger partial charge on any atom is 0.191 e. The van der Waals surface area contributed by atoms with Gasteiger partial charge in [0.2, 0.25) is 0 Å². The summed E-state index contributed by atoms with van der Waals surface area (Å²) in [7, 11) is -1.37. The van der Waals surface area contributed by atoms with Crippen molar-refractivity contribution in [3.8, 4) is 0 Å². The molecule has 2 N–H and O–H groups in total. The first-order valence-electron chi connectivity index (χ1n) is 7.42. The lowest BCUT2D eigenvalue weighted by Crippen LogP contribution is -2.45. The largest absolute Gasteiger partial charge is 0.355 e. The predicted molar refractivity (Wildman–Crippen MR) is 108 cm³/mol. The highest BCUT2D eigenvalue weighted by Gasteiger charge is 2.28. The van der Waals surface area contributed by atoms with Gasteiger partial charge in [-0.15, -0.1) is 24.0 Å². The van der Waals surface area contributed by atoms with Crippen molar-refractivity contribution in [3.63, 3.8) is 0 Å². The van der Waals surface area contributed by atoms with Crippen LogP contribution in [-0.4, -0.2) is 56.0 Å². The van der Waals surface area contributed by atoms with Crippen LogP contribution >= 0.6 is 35.7 Å². The Labute approximate surface area is 156 Å². The molecule has 0 radical (unpaired) electrons. The summed E-state index contributed by atoms with van der Waals surface area (Å²) in [5.74, 6) is 0.820. The fraction of sp³-hybridized carbons (Fsp3) is 0.929. The summed E-state index contributed by atoms with van der Waals surface area (Å²) >= 11 is 1.92. The second-order valence-corrected chi connectivity index (χ2v) is 10.4. The van der Waals surface area contributed by atoms with Crippen LogP contribution in [0, 0.1) is 0 Å². The number of thioether (sulfide) groups is 1. The molecule has 22 heavy (non-hydrogen) atoms. The average molecular weight is 463 g/mol. The van der Waals surface area contributed by atoms with E-state index in [0.29, 0.717) is 18.5 Å². The topological polar surface area (TPSA) is 70.6 Å². The number of rotatable bonds is 5. The molecule has 1 aliphatic rings. The van der Waals surface area contributed by atoms with Gasteiger partial charge in [-0.1, -0.05) is 0 Å². The van der Waals surface area contributed by atoms with Crippen molar-refractivity contribution in [2.75, 3.05) is 25.6 Å². The van der Waals surface area contributed by atoms with E-state index in [1.54, 1.807) is 27.8 Å². The number of aliphatic imine (C=N–C) groups is 1. The van der Waals surface area contributed by atoms with Gasteiger partial charge >= 0.3 is 0 Å². The summed E-state index contributed by atoms with van der Waals surface area (Å²) in [6.07, 6.45) is 5.67. The molecule has 8 heteroatoms. The van der Waals surface area contributed by atoms with Gasteiger partial charge in [-0.2, -0.15) is 11.8 Å². The highest BCUT2D eigenvalue weighted by Crippen LogP contribution is 2.27.